The summed E-state index contributed by atoms with van der Waals surface area (Å²) in [7, 11) is 0. The second-order valence-electron chi connectivity index (χ2n) is 4.45. The molecule has 1 N–H and O–H groups in total. The Labute approximate surface area is 100 Å². The van der Waals surface area contributed by atoms with E-state index < -0.39 is 5.41 Å². The van der Waals surface area contributed by atoms with Crippen LogP contribution in [0, 0.1) is 19.3 Å². The van der Waals surface area contributed by atoms with E-state index in [0.29, 0.717) is 5.95 Å². The summed E-state index contributed by atoms with van der Waals surface area (Å²) in [5, 5.41) is 2.67. The van der Waals surface area contributed by atoms with Crippen molar-refractivity contribution in [3.8, 4) is 0 Å². The molecule has 1 aromatic heterocycles. The van der Waals surface area contributed by atoms with Crippen LogP contribution in [0.2, 0.25) is 0 Å². The third-order valence-electron chi connectivity index (χ3n) is 2.16. The molecule has 0 unspecified atom stereocenters. The molecule has 5 heteroatoms. The minimum Gasteiger partial charge on any atom is -0.294 e. The zero-order valence-electron chi connectivity index (χ0n) is 9.97. The molecule has 1 rings (SSSR count). The number of amides is 1. The lowest BCUT2D eigenvalue weighted by molar-refractivity contribution is -0.123. The SMILES string of the molecule is Cc1cc(C)nc(NC(=O)C(C)(C)CCl)n1. The van der Waals surface area contributed by atoms with Gasteiger partial charge in [0, 0.05) is 17.3 Å². The first kappa shape index (κ1) is 12.9. The van der Waals surface area contributed by atoms with Gasteiger partial charge >= 0.3 is 0 Å². The average Bonchev–Trinajstić information content (AvgIpc) is 2.15. The Morgan fingerprint density at radius 1 is 1.38 bits per heavy atom. The number of nitrogens with one attached hydrogen (secondary N) is 1. The van der Waals surface area contributed by atoms with Gasteiger partial charge < -0.3 is 0 Å². The van der Waals surface area contributed by atoms with Crippen LogP contribution in [0.1, 0.15) is 25.2 Å². The van der Waals surface area contributed by atoms with E-state index in [1.54, 1.807) is 13.8 Å². The molecule has 0 fully saturated rings. The Morgan fingerprint density at radius 3 is 2.31 bits per heavy atom. The third kappa shape index (κ3) is 3.17. The number of rotatable bonds is 3. The minimum absolute atomic E-state index is 0.174. The number of aromatic nitrogens is 2. The number of halogens is 1. The van der Waals surface area contributed by atoms with Gasteiger partial charge in [-0.1, -0.05) is 0 Å². The number of alkyl halides is 1. The maximum absolute atomic E-state index is 11.8. The Morgan fingerprint density at radius 2 is 1.88 bits per heavy atom. The predicted octanol–water partition coefficient (Wildman–Crippen LogP) is 2.30. The zero-order valence-corrected chi connectivity index (χ0v) is 10.7. The smallest absolute Gasteiger partial charge is 0.233 e. The molecule has 4 nitrogen and oxygen atoms in total. The van der Waals surface area contributed by atoms with E-state index >= 15 is 0 Å². The second-order valence-corrected chi connectivity index (χ2v) is 4.71. The lowest BCUT2D eigenvalue weighted by Gasteiger charge is -2.19. The zero-order chi connectivity index (χ0) is 12.3. The molecule has 0 radical (unpaired) electrons. The van der Waals surface area contributed by atoms with Gasteiger partial charge in [0.15, 0.2) is 0 Å². The average molecular weight is 242 g/mol. The van der Waals surface area contributed by atoms with Crippen molar-refractivity contribution < 1.29 is 4.79 Å². The summed E-state index contributed by atoms with van der Waals surface area (Å²) in [5.41, 5.74) is 1.03. The Hall–Kier alpha value is -1.16. The fourth-order valence-corrected chi connectivity index (χ4v) is 1.23. The molecular formula is C11H16ClN3O. The first-order valence-electron chi connectivity index (χ1n) is 5.05. The molecule has 0 aliphatic heterocycles. The van der Waals surface area contributed by atoms with Gasteiger partial charge in [0.25, 0.3) is 0 Å². The lowest BCUT2D eigenvalue weighted by Crippen LogP contribution is -2.33. The van der Waals surface area contributed by atoms with Crippen LogP contribution in [0.4, 0.5) is 5.95 Å². The number of carbonyl (C=O) groups is 1. The van der Waals surface area contributed by atoms with Crippen LogP contribution in [-0.4, -0.2) is 21.8 Å². The molecule has 88 valence electrons. The largest absolute Gasteiger partial charge is 0.294 e. The molecule has 0 spiro atoms. The molecule has 0 bridgehead atoms. The fraction of sp³-hybridized carbons (Fsp3) is 0.545. The summed E-state index contributed by atoms with van der Waals surface area (Å²) >= 11 is 5.72. The van der Waals surface area contributed by atoms with Crippen molar-refractivity contribution in [2.45, 2.75) is 27.7 Å². The summed E-state index contributed by atoms with van der Waals surface area (Å²) in [6.07, 6.45) is 0. The molecule has 1 heterocycles. The first-order valence-corrected chi connectivity index (χ1v) is 5.58. The highest BCUT2D eigenvalue weighted by atomic mass is 35.5. The van der Waals surface area contributed by atoms with Crippen LogP contribution in [0.5, 0.6) is 0 Å². The first-order chi connectivity index (χ1) is 7.35. The van der Waals surface area contributed by atoms with E-state index in [1.165, 1.54) is 0 Å². The van der Waals surface area contributed by atoms with Crippen LogP contribution in [0.15, 0.2) is 6.07 Å². The van der Waals surface area contributed by atoms with E-state index in [0.717, 1.165) is 11.4 Å². The molecule has 1 amide bonds. The number of hydrogen-bond donors (Lipinski definition) is 1. The minimum atomic E-state index is -0.622. The van der Waals surface area contributed by atoms with Crippen LogP contribution in [-0.2, 0) is 4.79 Å². The van der Waals surface area contributed by atoms with Gasteiger partial charge in [-0.3, -0.25) is 10.1 Å². The number of hydrogen-bond acceptors (Lipinski definition) is 3. The van der Waals surface area contributed by atoms with Gasteiger partial charge in [0.2, 0.25) is 11.9 Å². The maximum atomic E-state index is 11.8. The highest BCUT2D eigenvalue weighted by Crippen LogP contribution is 2.19. The van der Waals surface area contributed by atoms with Crippen LogP contribution in [0.25, 0.3) is 0 Å². The highest BCUT2D eigenvalue weighted by Gasteiger charge is 2.27. The molecule has 0 aromatic carbocycles. The lowest BCUT2D eigenvalue weighted by atomic mass is 9.95. The molecular weight excluding hydrogens is 226 g/mol. The molecule has 16 heavy (non-hydrogen) atoms. The topological polar surface area (TPSA) is 54.9 Å². The van der Waals surface area contributed by atoms with E-state index in [2.05, 4.69) is 15.3 Å². The van der Waals surface area contributed by atoms with Crippen molar-refractivity contribution in [2.75, 3.05) is 11.2 Å². The molecule has 0 atom stereocenters. The Kier molecular flexibility index (Phi) is 3.86. The molecule has 0 aliphatic carbocycles. The van der Waals surface area contributed by atoms with Gasteiger partial charge in [-0.05, 0) is 33.8 Å². The van der Waals surface area contributed by atoms with E-state index in [4.69, 9.17) is 11.6 Å². The summed E-state index contributed by atoms with van der Waals surface area (Å²) in [6, 6.07) is 1.85. The van der Waals surface area contributed by atoms with Crippen molar-refractivity contribution in [3.05, 3.63) is 17.5 Å². The van der Waals surface area contributed by atoms with Gasteiger partial charge in [0.1, 0.15) is 0 Å². The van der Waals surface area contributed by atoms with Crippen LogP contribution >= 0.6 is 11.6 Å². The normalized spacial score (nSPS) is 11.3. The van der Waals surface area contributed by atoms with Crippen molar-refractivity contribution in [1.82, 2.24) is 9.97 Å². The monoisotopic (exact) mass is 241 g/mol. The third-order valence-corrected chi connectivity index (χ3v) is 2.82. The van der Waals surface area contributed by atoms with E-state index in [9.17, 15) is 4.79 Å². The van der Waals surface area contributed by atoms with E-state index in [-0.39, 0.29) is 11.8 Å². The second kappa shape index (κ2) is 4.78. The molecule has 1 aromatic rings. The van der Waals surface area contributed by atoms with Gasteiger partial charge in [-0.25, -0.2) is 9.97 Å². The van der Waals surface area contributed by atoms with Crippen molar-refractivity contribution >= 4 is 23.5 Å². The Bertz CT molecular complexity index is 384. The van der Waals surface area contributed by atoms with Crippen molar-refractivity contribution in [2.24, 2.45) is 5.41 Å². The number of aryl methyl sites for hydroxylation is 2. The predicted molar refractivity (Wildman–Crippen MR) is 64.6 cm³/mol. The summed E-state index contributed by atoms with van der Waals surface area (Å²) in [6.45, 7) is 7.27. The van der Waals surface area contributed by atoms with E-state index in [1.807, 2.05) is 19.9 Å². The Balaban J connectivity index is 2.85. The molecule has 0 aliphatic rings. The maximum Gasteiger partial charge on any atom is 0.233 e. The highest BCUT2D eigenvalue weighted by molar-refractivity contribution is 6.20. The van der Waals surface area contributed by atoms with Crippen LogP contribution in [0.3, 0.4) is 0 Å². The summed E-state index contributed by atoms with van der Waals surface area (Å²) in [4.78, 5) is 20.1. The molecule has 0 saturated heterocycles. The quantitative estimate of drug-likeness (QED) is 0.827. The number of nitrogens with zero attached hydrogens (tertiary/aromatic N) is 2. The van der Waals surface area contributed by atoms with Gasteiger partial charge in [-0.2, -0.15) is 0 Å². The molecule has 0 saturated carbocycles. The van der Waals surface area contributed by atoms with Crippen LogP contribution < -0.4 is 5.32 Å². The summed E-state index contributed by atoms with van der Waals surface area (Å²) < 4.78 is 0. The standard InChI is InChI=1S/C11H16ClN3O/c1-7-5-8(2)14-10(13-7)15-9(16)11(3,4)6-12/h5H,6H2,1-4H3,(H,13,14,15,16). The van der Waals surface area contributed by atoms with Crippen molar-refractivity contribution in [1.29, 1.82) is 0 Å². The number of carbonyl (C=O) groups excluding carboxylic acids is 1. The number of anilines is 1. The summed E-state index contributed by atoms with van der Waals surface area (Å²) in [5.74, 6) is 0.414. The fourth-order valence-electron chi connectivity index (χ4n) is 1.11. The van der Waals surface area contributed by atoms with Gasteiger partial charge in [0.05, 0.1) is 5.41 Å². The van der Waals surface area contributed by atoms with Crippen molar-refractivity contribution in [3.63, 3.8) is 0 Å². The van der Waals surface area contributed by atoms with Gasteiger partial charge in [-0.15, -0.1) is 11.6 Å².